The number of aromatic nitrogens is 1. The van der Waals surface area contributed by atoms with Crippen molar-refractivity contribution < 1.29 is 4.79 Å². The fourth-order valence-electron chi connectivity index (χ4n) is 3.63. The van der Waals surface area contributed by atoms with E-state index in [0.29, 0.717) is 16.8 Å². The van der Waals surface area contributed by atoms with Crippen LogP contribution in [-0.4, -0.2) is 17.1 Å². The molecular weight excluding hydrogens is 346 g/mol. The first-order chi connectivity index (χ1) is 12.6. The Morgan fingerprint density at radius 1 is 1.15 bits per heavy atom. The number of hydrogen-bond acceptors (Lipinski definition) is 2. The first-order valence-corrected chi connectivity index (χ1v) is 9.74. The molecule has 5 heteroatoms. The molecule has 2 aromatic rings. The van der Waals surface area contributed by atoms with E-state index in [1.165, 1.54) is 12.0 Å². The van der Waals surface area contributed by atoms with Gasteiger partial charge in [0.05, 0.1) is 5.02 Å². The van der Waals surface area contributed by atoms with Crippen molar-refractivity contribution in [2.24, 2.45) is 0 Å². The van der Waals surface area contributed by atoms with Gasteiger partial charge in [0.2, 0.25) is 0 Å². The van der Waals surface area contributed by atoms with E-state index in [1.807, 2.05) is 17.0 Å². The SMILES string of the molecule is CC(C)c1ccccc1N(C(=O)Nc1ccc(Cl)cn1)C1CCCCC1. The summed E-state index contributed by atoms with van der Waals surface area (Å²) in [5.74, 6) is 0.862. The summed E-state index contributed by atoms with van der Waals surface area (Å²) in [5, 5.41) is 3.50. The molecule has 138 valence electrons. The van der Waals surface area contributed by atoms with Gasteiger partial charge in [0, 0.05) is 17.9 Å². The van der Waals surface area contributed by atoms with Crippen molar-refractivity contribution in [3.8, 4) is 0 Å². The largest absolute Gasteiger partial charge is 0.327 e. The zero-order valence-corrected chi connectivity index (χ0v) is 16.2. The molecule has 3 rings (SSSR count). The quantitative estimate of drug-likeness (QED) is 0.692. The minimum absolute atomic E-state index is 0.125. The topological polar surface area (TPSA) is 45.2 Å². The molecule has 1 heterocycles. The van der Waals surface area contributed by atoms with Gasteiger partial charge < -0.3 is 0 Å². The van der Waals surface area contributed by atoms with Crippen LogP contribution >= 0.6 is 11.6 Å². The number of anilines is 2. The number of pyridine rings is 1. The molecule has 0 radical (unpaired) electrons. The lowest BCUT2D eigenvalue weighted by Gasteiger charge is -2.36. The highest BCUT2D eigenvalue weighted by Gasteiger charge is 2.29. The first-order valence-electron chi connectivity index (χ1n) is 9.37. The van der Waals surface area contributed by atoms with E-state index in [2.05, 4.69) is 36.3 Å². The molecule has 0 unspecified atom stereocenters. The third-order valence-corrected chi connectivity index (χ3v) is 5.16. The number of benzene rings is 1. The number of urea groups is 1. The van der Waals surface area contributed by atoms with E-state index >= 15 is 0 Å². The zero-order valence-electron chi connectivity index (χ0n) is 15.4. The molecule has 0 saturated heterocycles. The van der Waals surface area contributed by atoms with Crippen LogP contribution in [0.3, 0.4) is 0 Å². The fourth-order valence-corrected chi connectivity index (χ4v) is 3.74. The third kappa shape index (κ3) is 4.36. The number of amides is 2. The lowest BCUT2D eigenvalue weighted by molar-refractivity contribution is 0.252. The van der Waals surface area contributed by atoms with E-state index in [0.717, 1.165) is 31.4 Å². The Balaban J connectivity index is 1.93. The average molecular weight is 372 g/mol. The van der Waals surface area contributed by atoms with Crippen molar-refractivity contribution in [1.29, 1.82) is 0 Å². The molecule has 0 bridgehead atoms. The molecule has 1 saturated carbocycles. The highest BCUT2D eigenvalue weighted by molar-refractivity contribution is 6.30. The van der Waals surface area contributed by atoms with Crippen molar-refractivity contribution in [2.75, 3.05) is 10.2 Å². The maximum Gasteiger partial charge on any atom is 0.327 e. The second kappa shape index (κ2) is 8.54. The summed E-state index contributed by atoms with van der Waals surface area (Å²) in [6, 6.07) is 11.8. The standard InChI is InChI=1S/C21H26ClN3O/c1-15(2)18-10-6-7-11-19(18)25(17-8-4-3-5-9-17)21(26)24-20-13-12-16(22)14-23-20/h6-7,10-15,17H,3-5,8-9H2,1-2H3,(H,23,24,26). The number of para-hydroxylation sites is 1. The van der Waals surface area contributed by atoms with Gasteiger partial charge in [-0.2, -0.15) is 0 Å². The number of carbonyl (C=O) groups is 1. The highest BCUT2D eigenvalue weighted by atomic mass is 35.5. The number of rotatable bonds is 4. The van der Waals surface area contributed by atoms with Crippen molar-refractivity contribution in [3.05, 3.63) is 53.2 Å². The average Bonchev–Trinajstić information content (AvgIpc) is 2.65. The van der Waals surface area contributed by atoms with Gasteiger partial charge in [-0.3, -0.25) is 10.2 Å². The van der Waals surface area contributed by atoms with E-state index in [-0.39, 0.29) is 12.1 Å². The Labute approximate surface area is 160 Å². The highest BCUT2D eigenvalue weighted by Crippen LogP contribution is 2.33. The van der Waals surface area contributed by atoms with Crippen LogP contribution in [-0.2, 0) is 0 Å². The van der Waals surface area contributed by atoms with Gasteiger partial charge in [0.15, 0.2) is 0 Å². The van der Waals surface area contributed by atoms with Crippen LogP contribution in [0.1, 0.15) is 57.4 Å². The molecule has 1 fully saturated rings. The molecule has 0 atom stereocenters. The summed E-state index contributed by atoms with van der Waals surface area (Å²) in [6.45, 7) is 4.33. The first kappa shape index (κ1) is 18.7. The van der Waals surface area contributed by atoms with Crippen LogP contribution in [0.15, 0.2) is 42.6 Å². The fraction of sp³-hybridized carbons (Fsp3) is 0.429. The van der Waals surface area contributed by atoms with Gasteiger partial charge in [-0.1, -0.05) is 62.9 Å². The third-order valence-electron chi connectivity index (χ3n) is 4.94. The molecule has 26 heavy (non-hydrogen) atoms. The lowest BCUT2D eigenvalue weighted by Crippen LogP contribution is -2.44. The smallest absolute Gasteiger partial charge is 0.292 e. The minimum atomic E-state index is -0.125. The normalized spacial score (nSPS) is 15.1. The maximum atomic E-state index is 13.2. The van der Waals surface area contributed by atoms with Gasteiger partial charge in [-0.05, 0) is 42.5 Å². The number of carbonyl (C=O) groups excluding carboxylic acids is 1. The Morgan fingerprint density at radius 3 is 2.54 bits per heavy atom. The molecule has 0 aliphatic heterocycles. The molecular formula is C21H26ClN3O. The maximum absolute atomic E-state index is 13.2. The summed E-state index contributed by atoms with van der Waals surface area (Å²) >= 11 is 5.90. The number of nitrogens with zero attached hydrogens (tertiary/aromatic N) is 2. The molecule has 2 amide bonds. The molecule has 1 aromatic carbocycles. The lowest BCUT2D eigenvalue weighted by atomic mass is 9.92. The van der Waals surface area contributed by atoms with Crippen LogP contribution in [0.25, 0.3) is 0 Å². The van der Waals surface area contributed by atoms with Crippen LogP contribution < -0.4 is 10.2 Å². The predicted molar refractivity (Wildman–Crippen MR) is 108 cm³/mol. The van der Waals surface area contributed by atoms with Crippen LogP contribution in [0.5, 0.6) is 0 Å². The van der Waals surface area contributed by atoms with E-state index in [1.54, 1.807) is 18.3 Å². The molecule has 1 N–H and O–H groups in total. The van der Waals surface area contributed by atoms with Crippen LogP contribution in [0.2, 0.25) is 5.02 Å². The van der Waals surface area contributed by atoms with Crippen molar-refractivity contribution in [1.82, 2.24) is 4.98 Å². The van der Waals surface area contributed by atoms with E-state index in [4.69, 9.17) is 11.6 Å². The summed E-state index contributed by atoms with van der Waals surface area (Å²) in [7, 11) is 0. The van der Waals surface area contributed by atoms with Gasteiger partial charge in [0.25, 0.3) is 0 Å². The Bertz CT molecular complexity index is 739. The molecule has 1 aliphatic rings. The van der Waals surface area contributed by atoms with Crippen molar-refractivity contribution in [3.63, 3.8) is 0 Å². The number of nitrogens with one attached hydrogen (secondary N) is 1. The monoisotopic (exact) mass is 371 g/mol. The number of halogens is 1. The summed E-state index contributed by atoms with van der Waals surface area (Å²) in [4.78, 5) is 19.4. The summed E-state index contributed by atoms with van der Waals surface area (Å²) in [6.07, 6.45) is 7.19. The van der Waals surface area contributed by atoms with Crippen molar-refractivity contribution in [2.45, 2.75) is 57.9 Å². The Hall–Kier alpha value is -2.07. The van der Waals surface area contributed by atoms with Crippen molar-refractivity contribution >= 4 is 29.1 Å². The Kier molecular flexibility index (Phi) is 6.15. The molecule has 1 aromatic heterocycles. The van der Waals surface area contributed by atoms with Crippen LogP contribution in [0, 0.1) is 0 Å². The van der Waals surface area contributed by atoms with E-state index < -0.39 is 0 Å². The predicted octanol–water partition coefficient (Wildman–Crippen LogP) is 6.23. The minimum Gasteiger partial charge on any atom is -0.292 e. The molecule has 0 spiro atoms. The summed E-state index contributed by atoms with van der Waals surface area (Å²) in [5.41, 5.74) is 2.19. The zero-order chi connectivity index (χ0) is 18.5. The van der Waals surface area contributed by atoms with Gasteiger partial charge in [-0.15, -0.1) is 0 Å². The summed E-state index contributed by atoms with van der Waals surface area (Å²) < 4.78 is 0. The second-order valence-electron chi connectivity index (χ2n) is 7.17. The van der Waals surface area contributed by atoms with E-state index in [9.17, 15) is 4.79 Å². The van der Waals surface area contributed by atoms with Gasteiger partial charge >= 0.3 is 6.03 Å². The number of hydrogen-bond donors (Lipinski definition) is 1. The van der Waals surface area contributed by atoms with Gasteiger partial charge in [0.1, 0.15) is 5.82 Å². The van der Waals surface area contributed by atoms with Gasteiger partial charge in [-0.25, -0.2) is 9.78 Å². The molecule has 4 nitrogen and oxygen atoms in total. The Morgan fingerprint density at radius 2 is 1.88 bits per heavy atom. The van der Waals surface area contributed by atoms with Crippen LogP contribution in [0.4, 0.5) is 16.3 Å². The second-order valence-corrected chi connectivity index (χ2v) is 7.60. The molecule has 1 aliphatic carbocycles.